The number of primary amides is 1. The number of likely N-dealkylation sites (tertiary alicyclic amines) is 1. The van der Waals surface area contributed by atoms with Crippen molar-refractivity contribution in [1.82, 2.24) is 9.88 Å². The number of hydrogen-bond acceptors (Lipinski definition) is 5. The smallest absolute Gasteiger partial charge is 0.417 e. The van der Waals surface area contributed by atoms with Gasteiger partial charge in [0.05, 0.1) is 17.5 Å². The molecule has 3 atom stereocenters. The Balaban J connectivity index is 1.16. The topological polar surface area (TPSA) is 94.8 Å². The molecule has 7 nitrogen and oxygen atoms in total. The molecule has 0 spiro atoms. The standard InChI is InChI=1S/C22H26F3N3O4/c23-22(24,25)15-1-2-17(27-10-15)31-16-3-4-28(11-16)20(30)32-18-13-5-12-6-14(18)9-21(7-12,8-13)19(26)29/h1-2,10,12-14,16,18H,3-9,11H2,(H2,26,29). The van der Waals surface area contributed by atoms with Crippen molar-refractivity contribution in [2.75, 3.05) is 13.1 Å². The van der Waals surface area contributed by atoms with Crippen LogP contribution in [0.2, 0.25) is 0 Å². The molecule has 0 radical (unpaired) electrons. The Bertz CT molecular complexity index is 891. The third-order valence-corrected chi connectivity index (χ3v) is 7.70. The molecule has 2 heterocycles. The first-order valence-corrected chi connectivity index (χ1v) is 11.1. The van der Waals surface area contributed by atoms with Gasteiger partial charge in [0.15, 0.2) is 0 Å². The van der Waals surface area contributed by atoms with Crippen molar-refractivity contribution in [1.29, 1.82) is 0 Å². The second-order valence-electron chi connectivity index (χ2n) is 9.82. The maximum atomic E-state index is 12.8. The number of carbonyl (C=O) groups is 2. The minimum atomic E-state index is -4.45. The fourth-order valence-electron chi connectivity index (χ4n) is 6.44. The second kappa shape index (κ2) is 7.52. The maximum Gasteiger partial charge on any atom is 0.417 e. The predicted octanol–water partition coefficient (Wildman–Crippen LogP) is 3.37. The van der Waals surface area contributed by atoms with E-state index in [9.17, 15) is 22.8 Å². The lowest BCUT2D eigenvalue weighted by molar-refractivity contribution is -0.161. The fourth-order valence-corrected chi connectivity index (χ4v) is 6.44. The number of halogens is 3. The first kappa shape index (κ1) is 21.3. The van der Waals surface area contributed by atoms with Crippen molar-refractivity contribution in [2.24, 2.45) is 28.9 Å². The number of aromatic nitrogens is 1. The van der Waals surface area contributed by atoms with Crippen molar-refractivity contribution in [3.8, 4) is 5.88 Å². The summed E-state index contributed by atoms with van der Waals surface area (Å²) in [5.41, 5.74) is 4.45. The normalized spacial score (nSPS) is 35.7. The lowest BCUT2D eigenvalue weighted by Crippen LogP contribution is -2.59. The highest BCUT2D eigenvalue weighted by Crippen LogP contribution is 2.60. The van der Waals surface area contributed by atoms with E-state index in [1.807, 2.05) is 0 Å². The minimum absolute atomic E-state index is 0.0935. The van der Waals surface area contributed by atoms with E-state index < -0.39 is 23.2 Å². The van der Waals surface area contributed by atoms with Crippen molar-refractivity contribution < 1.29 is 32.2 Å². The van der Waals surface area contributed by atoms with Crippen LogP contribution in [0.15, 0.2) is 18.3 Å². The molecule has 1 aromatic heterocycles. The van der Waals surface area contributed by atoms with Gasteiger partial charge in [-0.15, -0.1) is 0 Å². The number of amides is 2. The summed E-state index contributed by atoms with van der Waals surface area (Å²) in [5, 5.41) is 0. The van der Waals surface area contributed by atoms with Gasteiger partial charge in [-0.25, -0.2) is 9.78 Å². The summed E-state index contributed by atoms with van der Waals surface area (Å²) in [6, 6.07) is 2.11. The highest BCUT2D eigenvalue weighted by molar-refractivity contribution is 5.81. The molecule has 2 N–H and O–H groups in total. The number of ether oxygens (including phenoxy) is 2. The van der Waals surface area contributed by atoms with E-state index in [1.165, 1.54) is 6.07 Å². The number of carbonyl (C=O) groups excluding carboxylic acids is 2. The lowest BCUT2D eigenvalue weighted by Gasteiger charge is -2.58. The molecule has 2 amide bonds. The summed E-state index contributed by atoms with van der Waals surface area (Å²) in [5.74, 6) is 0.692. The average molecular weight is 453 g/mol. The van der Waals surface area contributed by atoms with E-state index in [1.54, 1.807) is 4.90 Å². The molecule has 1 aromatic rings. The molecule has 6 rings (SSSR count). The van der Waals surface area contributed by atoms with E-state index in [4.69, 9.17) is 15.2 Å². The highest BCUT2D eigenvalue weighted by Gasteiger charge is 2.59. The first-order valence-electron chi connectivity index (χ1n) is 11.1. The fraction of sp³-hybridized carbons (Fsp3) is 0.682. The van der Waals surface area contributed by atoms with Crippen LogP contribution in [0.25, 0.3) is 0 Å². The van der Waals surface area contributed by atoms with Gasteiger partial charge in [-0.3, -0.25) is 4.79 Å². The van der Waals surface area contributed by atoms with Gasteiger partial charge in [-0.05, 0) is 55.9 Å². The largest absolute Gasteiger partial charge is 0.472 e. The predicted molar refractivity (Wildman–Crippen MR) is 105 cm³/mol. The number of alkyl halides is 3. The zero-order valence-corrected chi connectivity index (χ0v) is 17.5. The van der Waals surface area contributed by atoms with Crippen molar-refractivity contribution in [3.05, 3.63) is 23.9 Å². The number of nitrogens with zero attached hydrogens (tertiary/aromatic N) is 2. The Labute approximate surface area is 183 Å². The van der Waals surface area contributed by atoms with E-state index in [0.717, 1.165) is 31.5 Å². The summed E-state index contributed by atoms with van der Waals surface area (Å²) in [7, 11) is 0. The quantitative estimate of drug-likeness (QED) is 0.754. The Morgan fingerprint density at radius 1 is 1.16 bits per heavy atom. The molecule has 4 saturated carbocycles. The SMILES string of the molecule is NC(=O)C12CC3CC(C1)C(OC(=O)N1CCC(Oc4ccc(C(F)(F)F)cn4)C1)C(C3)C2. The van der Waals surface area contributed by atoms with Crippen LogP contribution < -0.4 is 10.5 Å². The van der Waals surface area contributed by atoms with Gasteiger partial charge in [-0.1, -0.05) is 0 Å². The van der Waals surface area contributed by atoms with Crippen LogP contribution >= 0.6 is 0 Å². The van der Waals surface area contributed by atoms with E-state index in [-0.39, 0.29) is 42.4 Å². The molecule has 5 fully saturated rings. The number of rotatable bonds is 4. The molecular formula is C22H26F3N3O4. The summed E-state index contributed by atoms with van der Waals surface area (Å²) < 4.78 is 49.6. The van der Waals surface area contributed by atoms with Crippen LogP contribution in [0.4, 0.5) is 18.0 Å². The third-order valence-electron chi connectivity index (χ3n) is 7.70. The molecule has 1 saturated heterocycles. The highest BCUT2D eigenvalue weighted by atomic mass is 19.4. The minimum Gasteiger partial charge on any atom is -0.472 e. The summed E-state index contributed by atoms with van der Waals surface area (Å²) in [6.45, 7) is 0.734. The van der Waals surface area contributed by atoms with Crippen LogP contribution in [-0.4, -0.2) is 47.2 Å². The molecule has 0 aromatic carbocycles. The summed E-state index contributed by atoms with van der Waals surface area (Å²) >= 11 is 0. The Hall–Kier alpha value is -2.52. The van der Waals surface area contributed by atoms with E-state index in [0.29, 0.717) is 31.7 Å². The molecule has 10 heteroatoms. The monoisotopic (exact) mass is 453 g/mol. The molecule has 174 valence electrons. The van der Waals surface area contributed by atoms with Gasteiger partial charge < -0.3 is 20.1 Å². The molecular weight excluding hydrogens is 427 g/mol. The summed E-state index contributed by atoms with van der Waals surface area (Å²) in [4.78, 5) is 30.2. The van der Waals surface area contributed by atoms with Crippen LogP contribution in [0.1, 0.15) is 44.1 Å². The second-order valence-corrected chi connectivity index (χ2v) is 9.82. The van der Waals surface area contributed by atoms with E-state index >= 15 is 0 Å². The number of nitrogens with two attached hydrogens (primary N) is 1. The average Bonchev–Trinajstić information content (AvgIpc) is 3.18. The molecule has 32 heavy (non-hydrogen) atoms. The maximum absolute atomic E-state index is 12.8. The molecule has 5 aliphatic rings. The van der Waals surface area contributed by atoms with Gasteiger partial charge in [0.1, 0.15) is 12.2 Å². The Morgan fingerprint density at radius 2 is 1.88 bits per heavy atom. The lowest BCUT2D eigenvalue weighted by atomic mass is 9.48. The molecule has 4 bridgehead atoms. The van der Waals surface area contributed by atoms with Gasteiger partial charge in [-0.2, -0.15) is 13.2 Å². The van der Waals surface area contributed by atoms with Crippen LogP contribution in [-0.2, 0) is 15.7 Å². The van der Waals surface area contributed by atoms with Gasteiger partial charge >= 0.3 is 12.3 Å². The van der Waals surface area contributed by atoms with Crippen molar-refractivity contribution >= 4 is 12.0 Å². The van der Waals surface area contributed by atoms with E-state index in [2.05, 4.69) is 4.98 Å². The van der Waals surface area contributed by atoms with Gasteiger partial charge in [0.2, 0.25) is 11.8 Å². The van der Waals surface area contributed by atoms with Crippen molar-refractivity contribution in [2.45, 2.75) is 56.9 Å². The molecule has 3 unspecified atom stereocenters. The molecule has 1 aliphatic heterocycles. The molecule has 4 aliphatic carbocycles. The van der Waals surface area contributed by atoms with Crippen molar-refractivity contribution in [3.63, 3.8) is 0 Å². The van der Waals surface area contributed by atoms with Crippen LogP contribution in [0, 0.1) is 23.2 Å². The Morgan fingerprint density at radius 3 is 2.47 bits per heavy atom. The summed E-state index contributed by atoms with van der Waals surface area (Å²) in [6.07, 6.45) is 0.0617. The third kappa shape index (κ3) is 3.77. The number of pyridine rings is 1. The first-order chi connectivity index (χ1) is 15.1. The zero-order chi connectivity index (χ0) is 22.7. The zero-order valence-electron chi connectivity index (χ0n) is 17.5. The van der Waals surface area contributed by atoms with Crippen LogP contribution in [0.3, 0.4) is 0 Å². The Kier molecular flexibility index (Phi) is 5.01. The number of hydrogen-bond donors (Lipinski definition) is 1. The van der Waals surface area contributed by atoms with Gasteiger partial charge in [0.25, 0.3) is 0 Å². The van der Waals surface area contributed by atoms with Crippen LogP contribution in [0.5, 0.6) is 5.88 Å². The van der Waals surface area contributed by atoms with Gasteiger partial charge in [0, 0.05) is 25.2 Å².